The molecule has 0 aromatic carbocycles. The van der Waals surface area contributed by atoms with Crippen LogP contribution in [0.1, 0.15) is 5.76 Å². The Morgan fingerprint density at radius 1 is 1.46 bits per heavy atom. The molecule has 4 heteroatoms. The van der Waals surface area contributed by atoms with Crippen LogP contribution >= 0.6 is 23.5 Å². The quantitative estimate of drug-likeness (QED) is 0.569. The van der Waals surface area contributed by atoms with E-state index in [0.717, 1.165) is 10.5 Å². The molecule has 1 rings (SSSR count). The van der Waals surface area contributed by atoms with Crippen molar-refractivity contribution < 1.29 is 9.21 Å². The van der Waals surface area contributed by atoms with E-state index in [0.29, 0.717) is 11.3 Å². The zero-order valence-corrected chi connectivity index (χ0v) is 9.08. The van der Waals surface area contributed by atoms with Crippen molar-refractivity contribution in [3.63, 3.8) is 0 Å². The predicted molar refractivity (Wildman–Crippen MR) is 58.7 cm³/mol. The molecule has 0 unspecified atom stereocenters. The van der Waals surface area contributed by atoms with Gasteiger partial charge in [0.25, 0.3) is 0 Å². The van der Waals surface area contributed by atoms with Crippen LogP contribution in [-0.4, -0.2) is 18.8 Å². The Morgan fingerprint density at radius 3 is 2.54 bits per heavy atom. The van der Waals surface area contributed by atoms with Crippen molar-refractivity contribution in [3.05, 3.63) is 28.4 Å². The number of hydrogen-bond acceptors (Lipinski definition) is 4. The Bertz CT molecular complexity index is 295. The third kappa shape index (κ3) is 2.42. The Balaban J connectivity index is 3.09. The van der Waals surface area contributed by atoms with Crippen LogP contribution in [0.25, 0.3) is 5.57 Å². The van der Waals surface area contributed by atoms with Crippen LogP contribution in [0.5, 0.6) is 0 Å². The average molecular weight is 214 g/mol. The third-order valence-electron chi connectivity index (χ3n) is 1.50. The number of hydrogen-bond donors (Lipinski definition) is 0. The zero-order chi connectivity index (χ0) is 9.68. The van der Waals surface area contributed by atoms with Gasteiger partial charge >= 0.3 is 0 Å². The second-order valence-electron chi connectivity index (χ2n) is 2.20. The molecule has 13 heavy (non-hydrogen) atoms. The fraction of sp³-hybridized carbons (Fsp3) is 0.222. The standard InChI is InChI=1S/C9H10O2S2/c1-12-9(13-2)7(6-10)8-4-3-5-11-8/h3-6H,1-2H3. The predicted octanol–water partition coefficient (Wildman–Crippen LogP) is 2.87. The van der Waals surface area contributed by atoms with E-state index >= 15 is 0 Å². The van der Waals surface area contributed by atoms with Gasteiger partial charge in [-0.2, -0.15) is 0 Å². The molecule has 0 aliphatic rings. The topological polar surface area (TPSA) is 30.2 Å². The lowest BCUT2D eigenvalue weighted by atomic mass is 10.2. The summed E-state index contributed by atoms with van der Waals surface area (Å²) in [7, 11) is 0. The number of furan rings is 1. The van der Waals surface area contributed by atoms with Crippen molar-refractivity contribution in [3.8, 4) is 0 Å². The molecule has 0 saturated carbocycles. The minimum absolute atomic E-state index is 0.630. The largest absolute Gasteiger partial charge is 0.464 e. The summed E-state index contributed by atoms with van der Waals surface area (Å²) in [5.41, 5.74) is 0.630. The normalized spacial score (nSPS) is 9.69. The van der Waals surface area contributed by atoms with Crippen LogP contribution < -0.4 is 0 Å². The van der Waals surface area contributed by atoms with Crippen LogP contribution in [-0.2, 0) is 4.79 Å². The van der Waals surface area contributed by atoms with Gasteiger partial charge < -0.3 is 4.42 Å². The Morgan fingerprint density at radius 2 is 2.15 bits per heavy atom. The van der Waals surface area contributed by atoms with E-state index in [1.54, 1.807) is 41.9 Å². The summed E-state index contributed by atoms with van der Waals surface area (Å²) in [6.07, 6.45) is 6.29. The molecule has 0 saturated heterocycles. The molecule has 0 spiro atoms. The summed E-state index contributed by atoms with van der Waals surface area (Å²) in [5, 5.41) is 0. The first-order chi connectivity index (χ1) is 6.33. The molecule has 0 aliphatic heterocycles. The molecule has 0 amide bonds. The van der Waals surface area contributed by atoms with Crippen molar-refractivity contribution in [1.29, 1.82) is 0 Å². The van der Waals surface area contributed by atoms with E-state index in [1.807, 2.05) is 12.5 Å². The van der Waals surface area contributed by atoms with Gasteiger partial charge in [-0.15, -0.1) is 23.5 Å². The maximum Gasteiger partial charge on any atom is 0.155 e. The van der Waals surface area contributed by atoms with E-state index in [-0.39, 0.29) is 0 Å². The van der Waals surface area contributed by atoms with E-state index in [9.17, 15) is 4.79 Å². The molecule has 0 atom stereocenters. The van der Waals surface area contributed by atoms with Crippen molar-refractivity contribution >= 4 is 35.4 Å². The SMILES string of the molecule is CSC(SC)=C(C=O)c1ccco1. The highest BCUT2D eigenvalue weighted by molar-refractivity contribution is 8.22. The smallest absolute Gasteiger partial charge is 0.155 e. The van der Waals surface area contributed by atoms with Gasteiger partial charge in [0.2, 0.25) is 0 Å². The lowest BCUT2D eigenvalue weighted by Crippen LogP contribution is -1.85. The second-order valence-corrected chi connectivity index (χ2v) is 4.10. The van der Waals surface area contributed by atoms with Crippen molar-refractivity contribution in [2.24, 2.45) is 0 Å². The van der Waals surface area contributed by atoms with Gasteiger partial charge in [-0.25, -0.2) is 0 Å². The van der Waals surface area contributed by atoms with Crippen LogP contribution in [0.15, 0.2) is 27.1 Å². The van der Waals surface area contributed by atoms with E-state index < -0.39 is 0 Å². The van der Waals surface area contributed by atoms with E-state index in [2.05, 4.69) is 0 Å². The lowest BCUT2D eigenvalue weighted by Gasteiger charge is -2.02. The highest BCUT2D eigenvalue weighted by Gasteiger charge is 2.09. The maximum absolute atomic E-state index is 10.8. The summed E-state index contributed by atoms with van der Waals surface area (Å²) in [4.78, 5) is 10.8. The molecule has 70 valence electrons. The molecular formula is C9H10O2S2. The number of allylic oxidation sites excluding steroid dienone is 1. The van der Waals surface area contributed by atoms with Crippen LogP contribution in [0, 0.1) is 0 Å². The number of carbonyl (C=O) groups excluding carboxylic acids is 1. The summed E-state index contributed by atoms with van der Waals surface area (Å²) in [6.45, 7) is 0. The lowest BCUT2D eigenvalue weighted by molar-refractivity contribution is -0.103. The van der Waals surface area contributed by atoms with Crippen LogP contribution in [0.4, 0.5) is 0 Å². The van der Waals surface area contributed by atoms with Gasteiger partial charge in [-0.3, -0.25) is 4.79 Å². The van der Waals surface area contributed by atoms with Gasteiger partial charge in [-0.05, 0) is 24.6 Å². The number of thioether (sulfide) groups is 2. The first-order valence-corrected chi connectivity index (χ1v) is 6.09. The van der Waals surface area contributed by atoms with Crippen LogP contribution in [0.2, 0.25) is 0 Å². The highest BCUT2D eigenvalue weighted by Crippen LogP contribution is 2.31. The minimum Gasteiger partial charge on any atom is -0.464 e. The van der Waals surface area contributed by atoms with Gasteiger partial charge in [-0.1, -0.05) is 0 Å². The molecule has 0 N–H and O–H groups in total. The molecule has 1 aromatic rings. The van der Waals surface area contributed by atoms with Crippen molar-refractivity contribution in [2.75, 3.05) is 12.5 Å². The van der Waals surface area contributed by atoms with Gasteiger partial charge in [0.1, 0.15) is 5.76 Å². The zero-order valence-electron chi connectivity index (χ0n) is 7.44. The summed E-state index contributed by atoms with van der Waals surface area (Å²) < 4.78 is 6.13. The molecule has 0 bridgehead atoms. The monoisotopic (exact) mass is 214 g/mol. The summed E-state index contributed by atoms with van der Waals surface area (Å²) >= 11 is 3.10. The van der Waals surface area contributed by atoms with Gasteiger partial charge in [0, 0.05) is 0 Å². The van der Waals surface area contributed by atoms with E-state index in [1.165, 1.54) is 0 Å². The molecule has 0 radical (unpaired) electrons. The van der Waals surface area contributed by atoms with Crippen LogP contribution in [0.3, 0.4) is 0 Å². The molecule has 1 heterocycles. The van der Waals surface area contributed by atoms with Crippen molar-refractivity contribution in [1.82, 2.24) is 0 Å². The Hall–Kier alpha value is -0.610. The Labute approximate surface area is 85.8 Å². The fourth-order valence-corrected chi connectivity index (χ4v) is 2.35. The molecule has 1 aromatic heterocycles. The molecular weight excluding hydrogens is 204 g/mol. The van der Waals surface area contributed by atoms with Crippen molar-refractivity contribution in [2.45, 2.75) is 0 Å². The fourth-order valence-electron chi connectivity index (χ4n) is 0.942. The average Bonchev–Trinajstić information content (AvgIpc) is 2.66. The summed E-state index contributed by atoms with van der Waals surface area (Å²) in [6, 6.07) is 3.56. The third-order valence-corrected chi connectivity index (χ3v) is 3.68. The number of carbonyl (C=O) groups is 1. The minimum atomic E-state index is 0.630. The van der Waals surface area contributed by atoms with E-state index in [4.69, 9.17) is 4.42 Å². The first-order valence-electron chi connectivity index (χ1n) is 3.64. The molecule has 0 aliphatic carbocycles. The maximum atomic E-state index is 10.8. The highest BCUT2D eigenvalue weighted by atomic mass is 32.2. The Kier molecular flexibility index (Phi) is 4.18. The molecule has 0 fully saturated rings. The second kappa shape index (κ2) is 5.19. The first kappa shape index (κ1) is 10.5. The van der Waals surface area contributed by atoms with Gasteiger partial charge in [0.15, 0.2) is 6.29 Å². The number of rotatable bonds is 4. The molecule has 2 nitrogen and oxygen atoms in total. The van der Waals surface area contributed by atoms with Gasteiger partial charge in [0.05, 0.1) is 16.1 Å². The number of aldehydes is 1. The summed E-state index contributed by atoms with van der Waals surface area (Å²) in [5.74, 6) is 0.633.